The third-order valence-electron chi connectivity index (χ3n) is 3.73. The van der Waals surface area contributed by atoms with Crippen LogP contribution in [-0.4, -0.2) is 0 Å². The fourth-order valence-corrected chi connectivity index (χ4v) is 2.22. The Morgan fingerprint density at radius 1 is 1.10 bits per heavy atom. The molecule has 0 amide bonds. The van der Waals surface area contributed by atoms with Gasteiger partial charge in [0.2, 0.25) is 0 Å². The number of hydrogen-bond acceptors (Lipinski definition) is 1. The van der Waals surface area contributed by atoms with Gasteiger partial charge in [-0.2, -0.15) is 0 Å². The Morgan fingerprint density at radius 3 is 2.67 bits per heavy atom. The summed E-state index contributed by atoms with van der Waals surface area (Å²) >= 11 is 0. The molecule has 0 radical (unpaired) electrons. The summed E-state index contributed by atoms with van der Waals surface area (Å²) < 4.78 is 5.75. The molecule has 0 saturated carbocycles. The van der Waals surface area contributed by atoms with E-state index in [4.69, 9.17) is 4.42 Å². The summed E-state index contributed by atoms with van der Waals surface area (Å²) in [7, 11) is 0. The molecule has 1 heterocycles. The Balaban J connectivity index is 1.75. The quantitative estimate of drug-likeness (QED) is 0.521. The molecule has 1 heteroatoms. The minimum absolute atomic E-state index is 0.669. The van der Waals surface area contributed by atoms with Gasteiger partial charge in [-0.25, -0.2) is 0 Å². The van der Waals surface area contributed by atoms with Crippen molar-refractivity contribution in [3.8, 4) is 11.8 Å². The van der Waals surface area contributed by atoms with E-state index in [0.717, 1.165) is 37.2 Å². The molecule has 2 aromatic rings. The van der Waals surface area contributed by atoms with Crippen LogP contribution in [0.2, 0.25) is 0 Å². The van der Waals surface area contributed by atoms with Gasteiger partial charge in [0.1, 0.15) is 5.76 Å². The van der Waals surface area contributed by atoms with Crippen molar-refractivity contribution in [1.29, 1.82) is 0 Å². The summed E-state index contributed by atoms with van der Waals surface area (Å²) in [5.74, 6) is 8.86. The molecule has 0 saturated heterocycles. The Morgan fingerprint density at radius 2 is 1.90 bits per heavy atom. The maximum absolute atomic E-state index is 5.75. The first kappa shape index (κ1) is 15.4. The molecule has 1 nitrogen and oxygen atoms in total. The summed E-state index contributed by atoms with van der Waals surface area (Å²) in [5.41, 5.74) is 1.38. The van der Waals surface area contributed by atoms with Crippen LogP contribution in [0.1, 0.15) is 50.2 Å². The van der Waals surface area contributed by atoms with Gasteiger partial charge in [-0.15, -0.1) is 0 Å². The van der Waals surface area contributed by atoms with Gasteiger partial charge in [0.05, 0.1) is 0 Å². The highest BCUT2D eigenvalue weighted by molar-refractivity contribution is 5.26. The van der Waals surface area contributed by atoms with Gasteiger partial charge < -0.3 is 4.42 Å². The lowest BCUT2D eigenvalue weighted by Gasteiger charge is -2.03. The van der Waals surface area contributed by atoms with Crippen molar-refractivity contribution in [2.75, 3.05) is 0 Å². The topological polar surface area (TPSA) is 13.1 Å². The molecular formula is C20H24O. The van der Waals surface area contributed by atoms with Crippen molar-refractivity contribution < 1.29 is 4.42 Å². The largest absolute Gasteiger partial charge is 0.453 e. The van der Waals surface area contributed by atoms with E-state index < -0.39 is 0 Å². The summed E-state index contributed by atoms with van der Waals surface area (Å²) in [4.78, 5) is 0. The Labute approximate surface area is 128 Å². The highest BCUT2D eigenvalue weighted by Gasteiger charge is 2.04. The zero-order chi connectivity index (χ0) is 14.9. The lowest BCUT2D eigenvalue weighted by Crippen LogP contribution is -1.95. The van der Waals surface area contributed by atoms with Crippen molar-refractivity contribution in [3.05, 3.63) is 59.5 Å². The predicted molar refractivity (Wildman–Crippen MR) is 88.1 cm³/mol. The first-order chi connectivity index (χ1) is 10.3. The SMILES string of the molecule is CCC(C)Cc1ccc(C#CCCCc2ccccc2)o1. The van der Waals surface area contributed by atoms with Crippen molar-refractivity contribution in [3.63, 3.8) is 0 Å². The highest BCUT2D eigenvalue weighted by Crippen LogP contribution is 2.14. The van der Waals surface area contributed by atoms with E-state index in [1.54, 1.807) is 0 Å². The van der Waals surface area contributed by atoms with Gasteiger partial charge >= 0.3 is 0 Å². The molecule has 0 N–H and O–H groups in total. The standard InChI is InChI=1S/C20H24O/c1-3-17(2)16-20-15-14-19(21-20)13-9-5-8-12-18-10-6-4-7-11-18/h4,6-7,10-11,14-15,17H,3,5,8,12,16H2,1-2H3. The first-order valence-corrected chi connectivity index (χ1v) is 7.89. The van der Waals surface area contributed by atoms with Crippen LogP contribution in [0.4, 0.5) is 0 Å². The molecule has 1 aromatic heterocycles. The fourth-order valence-electron chi connectivity index (χ4n) is 2.22. The van der Waals surface area contributed by atoms with Crippen molar-refractivity contribution >= 4 is 0 Å². The van der Waals surface area contributed by atoms with Crippen LogP contribution in [0, 0.1) is 17.8 Å². The second kappa shape index (κ2) is 8.37. The van der Waals surface area contributed by atoms with E-state index in [1.807, 2.05) is 6.07 Å². The molecule has 0 bridgehead atoms. The van der Waals surface area contributed by atoms with Crippen LogP contribution in [0.3, 0.4) is 0 Å². The highest BCUT2D eigenvalue weighted by atomic mass is 16.3. The Bertz CT molecular complexity index is 583. The summed E-state index contributed by atoms with van der Waals surface area (Å²) in [6, 6.07) is 14.6. The van der Waals surface area contributed by atoms with Gasteiger partial charge in [0.25, 0.3) is 0 Å². The molecule has 1 aromatic carbocycles. The van der Waals surface area contributed by atoms with Crippen LogP contribution in [0.25, 0.3) is 0 Å². The molecule has 0 aliphatic carbocycles. The fraction of sp³-hybridized carbons (Fsp3) is 0.400. The Kier molecular flexibility index (Phi) is 6.16. The van der Waals surface area contributed by atoms with E-state index in [2.05, 4.69) is 62.1 Å². The molecule has 21 heavy (non-hydrogen) atoms. The number of furan rings is 1. The molecule has 1 unspecified atom stereocenters. The average molecular weight is 280 g/mol. The zero-order valence-corrected chi connectivity index (χ0v) is 13.1. The molecule has 2 rings (SSSR count). The molecule has 0 fully saturated rings. The molecule has 110 valence electrons. The predicted octanol–water partition coefficient (Wildman–Crippen LogP) is 5.24. The minimum atomic E-state index is 0.669. The maximum atomic E-state index is 5.75. The van der Waals surface area contributed by atoms with Crippen LogP contribution in [0.5, 0.6) is 0 Å². The van der Waals surface area contributed by atoms with Crippen molar-refractivity contribution in [2.45, 2.75) is 46.0 Å². The summed E-state index contributed by atoms with van der Waals surface area (Å²) in [6.45, 7) is 4.46. The molecule has 0 aliphatic heterocycles. The number of rotatable bonds is 6. The summed E-state index contributed by atoms with van der Waals surface area (Å²) in [5, 5.41) is 0. The monoisotopic (exact) mass is 280 g/mol. The number of hydrogen-bond donors (Lipinski definition) is 0. The smallest absolute Gasteiger partial charge is 0.177 e. The van der Waals surface area contributed by atoms with Gasteiger partial charge in [-0.3, -0.25) is 0 Å². The van der Waals surface area contributed by atoms with E-state index >= 15 is 0 Å². The van der Waals surface area contributed by atoms with Gasteiger partial charge in [-0.05, 0) is 42.4 Å². The van der Waals surface area contributed by atoms with E-state index in [1.165, 1.54) is 12.0 Å². The van der Waals surface area contributed by atoms with Crippen LogP contribution in [-0.2, 0) is 12.8 Å². The van der Waals surface area contributed by atoms with E-state index in [9.17, 15) is 0 Å². The maximum Gasteiger partial charge on any atom is 0.177 e. The van der Waals surface area contributed by atoms with E-state index in [-0.39, 0.29) is 0 Å². The van der Waals surface area contributed by atoms with Crippen molar-refractivity contribution in [1.82, 2.24) is 0 Å². The van der Waals surface area contributed by atoms with Gasteiger partial charge in [0, 0.05) is 12.8 Å². The lowest BCUT2D eigenvalue weighted by molar-refractivity contribution is 0.444. The third kappa shape index (κ3) is 5.52. The van der Waals surface area contributed by atoms with Gasteiger partial charge in [-0.1, -0.05) is 56.5 Å². The number of benzene rings is 1. The second-order valence-corrected chi connectivity index (χ2v) is 5.62. The Hall–Kier alpha value is -1.94. The van der Waals surface area contributed by atoms with Crippen LogP contribution in [0.15, 0.2) is 46.9 Å². The van der Waals surface area contributed by atoms with Gasteiger partial charge in [0.15, 0.2) is 5.76 Å². The molecular weight excluding hydrogens is 256 g/mol. The van der Waals surface area contributed by atoms with Crippen LogP contribution < -0.4 is 0 Å². The summed E-state index contributed by atoms with van der Waals surface area (Å²) in [6.07, 6.45) is 5.29. The molecule has 0 spiro atoms. The second-order valence-electron chi connectivity index (χ2n) is 5.62. The van der Waals surface area contributed by atoms with E-state index in [0.29, 0.717) is 5.92 Å². The number of aryl methyl sites for hydroxylation is 1. The minimum Gasteiger partial charge on any atom is -0.453 e. The van der Waals surface area contributed by atoms with Crippen molar-refractivity contribution in [2.24, 2.45) is 5.92 Å². The third-order valence-corrected chi connectivity index (χ3v) is 3.73. The zero-order valence-electron chi connectivity index (χ0n) is 13.1. The average Bonchev–Trinajstić information content (AvgIpc) is 2.95. The molecule has 0 aliphatic rings. The normalized spacial score (nSPS) is 11.7. The molecule has 1 atom stereocenters. The first-order valence-electron chi connectivity index (χ1n) is 7.89. The lowest BCUT2D eigenvalue weighted by atomic mass is 10.0. The number of unbranched alkanes of at least 4 members (excludes halogenated alkanes) is 1. The van der Waals surface area contributed by atoms with Crippen LogP contribution >= 0.6 is 0 Å².